The summed E-state index contributed by atoms with van der Waals surface area (Å²) in [5.41, 5.74) is 6.82. The highest BCUT2D eigenvalue weighted by Gasteiger charge is 2.10. The van der Waals surface area contributed by atoms with Gasteiger partial charge in [-0.15, -0.1) is 11.3 Å². The van der Waals surface area contributed by atoms with Gasteiger partial charge < -0.3 is 5.73 Å². The first-order valence-corrected chi connectivity index (χ1v) is 5.41. The van der Waals surface area contributed by atoms with Crippen LogP contribution in [-0.2, 0) is 6.42 Å². The van der Waals surface area contributed by atoms with Crippen LogP contribution in [0.25, 0.3) is 0 Å². The quantitative estimate of drug-likeness (QED) is 0.634. The molecule has 1 aromatic carbocycles. The van der Waals surface area contributed by atoms with E-state index in [1.807, 2.05) is 17.5 Å². The number of hydrogen-bond donors (Lipinski definition) is 1. The number of para-hydroxylation sites is 1. The minimum atomic E-state index is 0.0167. The summed E-state index contributed by atoms with van der Waals surface area (Å²) in [7, 11) is 0. The fourth-order valence-corrected chi connectivity index (χ4v) is 1.94. The van der Waals surface area contributed by atoms with E-state index >= 15 is 0 Å². The Balaban J connectivity index is 2.19. The third-order valence-corrected chi connectivity index (χ3v) is 2.84. The first-order valence-electron chi connectivity index (χ1n) is 4.53. The van der Waals surface area contributed by atoms with E-state index in [2.05, 4.69) is 4.98 Å². The predicted molar refractivity (Wildman–Crippen MR) is 61.0 cm³/mol. The number of aromatic nitrogens is 1. The van der Waals surface area contributed by atoms with Crippen molar-refractivity contribution in [2.24, 2.45) is 0 Å². The molecule has 0 aliphatic carbocycles. The summed E-state index contributed by atoms with van der Waals surface area (Å²) in [6, 6.07) is 7.10. The van der Waals surface area contributed by atoms with Gasteiger partial charge in [0, 0.05) is 22.8 Å². The van der Waals surface area contributed by atoms with Crippen LogP contribution in [0.3, 0.4) is 0 Å². The molecule has 1 aromatic heterocycles. The van der Waals surface area contributed by atoms with Crippen LogP contribution in [0.4, 0.5) is 5.69 Å². The van der Waals surface area contributed by atoms with Gasteiger partial charge in [0.15, 0.2) is 5.78 Å². The van der Waals surface area contributed by atoms with Crippen molar-refractivity contribution in [2.45, 2.75) is 6.42 Å². The fourth-order valence-electron chi connectivity index (χ4n) is 1.32. The highest BCUT2D eigenvalue weighted by molar-refractivity contribution is 7.09. The molecule has 0 aliphatic heterocycles. The molecule has 2 aromatic rings. The lowest BCUT2D eigenvalue weighted by Gasteiger charge is -2.02. The lowest BCUT2D eigenvalue weighted by atomic mass is 10.1. The van der Waals surface area contributed by atoms with Gasteiger partial charge in [-0.1, -0.05) is 12.1 Å². The molecule has 3 nitrogen and oxygen atoms in total. The lowest BCUT2D eigenvalue weighted by molar-refractivity contribution is 0.0994. The molecular weight excluding hydrogens is 208 g/mol. The van der Waals surface area contributed by atoms with Gasteiger partial charge in [0.1, 0.15) is 5.01 Å². The monoisotopic (exact) mass is 218 g/mol. The van der Waals surface area contributed by atoms with Crippen LogP contribution in [0.2, 0.25) is 0 Å². The number of carbonyl (C=O) groups excluding carboxylic acids is 1. The zero-order valence-electron chi connectivity index (χ0n) is 8.01. The number of benzene rings is 1. The van der Waals surface area contributed by atoms with Crippen LogP contribution < -0.4 is 5.73 Å². The molecule has 0 aliphatic rings. The number of rotatable bonds is 3. The molecule has 0 amide bonds. The number of hydrogen-bond acceptors (Lipinski definition) is 4. The smallest absolute Gasteiger partial charge is 0.171 e. The number of anilines is 1. The molecule has 2 rings (SSSR count). The summed E-state index contributed by atoms with van der Waals surface area (Å²) >= 11 is 1.48. The van der Waals surface area contributed by atoms with E-state index in [4.69, 9.17) is 5.73 Å². The molecule has 0 unspecified atom stereocenters. The Hall–Kier alpha value is -1.68. The average Bonchev–Trinajstić information content (AvgIpc) is 2.71. The van der Waals surface area contributed by atoms with Gasteiger partial charge in [-0.3, -0.25) is 4.79 Å². The second kappa shape index (κ2) is 4.23. The SMILES string of the molecule is Nc1ccccc1C(=O)Cc1nccs1. The zero-order valence-corrected chi connectivity index (χ0v) is 8.83. The van der Waals surface area contributed by atoms with E-state index in [0.717, 1.165) is 5.01 Å². The standard InChI is InChI=1S/C11H10N2OS/c12-9-4-2-1-3-8(9)10(14)7-11-13-5-6-15-11/h1-6H,7,12H2. The summed E-state index contributed by atoms with van der Waals surface area (Å²) in [6.45, 7) is 0. The number of Topliss-reactive ketones (excluding diaryl/α,β-unsaturated/α-hetero) is 1. The second-order valence-electron chi connectivity index (χ2n) is 3.11. The largest absolute Gasteiger partial charge is 0.398 e. The van der Waals surface area contributed by atoms with Gasteiger partial charge in [-0.2, -0.15) is 0 Å². The predicted octanol–water partition coefficient (Wildman–Crippen LogP) is 2.15. The maximum atomic E-state index is 11.8. The van der Waals surface area contributed by atoms with Crippen molar-refractivity contribution < 1.29 is 4.79 Å². The van der Waals surface area contributed by atoms with E-state index in [9.17, 15) is 4.79 Å². The molecule has 0 radical (unpaired) electrons. The molecule has 0 saturated carbocycles. The van der Waals surface area contributed by atoms with Crippen LogP contribution in [0, 0.1) is 0 Å². The second-order valence-corrected chi connectivity index (χ2v) is 4.09. The highest BCUT2D eigenvalue weighted by Crippen LogP contribution is 2.15. The fraction of sp³-hybridized carbons (Fsp3) is 0.0909. The van der Waals surface area contributed by atoms with Crippen molar-refractivity contribution in [3.8, 4) is 0 Å². The minimum Gasteiger partial charge on any atom is -0.398 e. The number of ketones is 1. The summed E-state index contributed by atoms with van der Waals surface area (Å²) in [4.78, 5) is 15.9. The van der Waals surface area contributed by atoms with Crippen molar-refractivity contribution in [1.82, 2.24) is 4.98 Å². The summed E-state index contributed by atoms with van der Waals surface area (Å²) in [5.74, 6) is 0.0167. The van der Waals surface area contributed by atoms with Crippen LogP contribution in [0.5, 0.6) is 0 Å². The van der Waals surface area contributed by atoms with Gasteiger partial charge in [0.05, 0.1) is 6.42 Å². The topological polar surface area (TPSA) is 56.0 Å². The average molecular weight is 218 g/mol. The van der Waals surface area contributed by atoms with E-state index < -0.39 is 0 Å². The Morgan fingerprint density at radius 3 is 2.87 bits per heavy atom. The summed E-state index contributed by atoms with van der Waals surface area (Å²) in [6.07, 6.45) is 2.02. The number of carbonyl (C=O) groups is 1. The van der Waals surface area contributed by atoms with E-state index in [-0.39, 0.29) is 5.78 Å². The van der Waals surface area contributed by atoms with Gasteiger partial charge in [-0.05, 0) is 12.1 Å². The van der Waals surface area contributed by atoms with Gasteiger partial charge in [0.25, 0.3) is 0 Å². The van der Waals surface area contributed by atoms with Gasteiger partial charge in [0.2, 0.25) is 0 Å². The summed E-state index contributed by atoms with van der Waals surface area (Å²) in [5, 5.41) is 2.68. The third kappa shape index (κ3) is 2.22. The van der Waals surface area contributed by atoms with Crippen molar-refractivity contribution in [3.63, 3.8) is 0 Å². The number of nitrogen functional groups attached to an aromatic ring is 1. The molecule has 4 heteroatoms. The Morgan fingerprint density at radius 1 is 1.40 bits per heavy atom. The molecule has 2 N–H and O–H groups in total. The first-order chi connectivity index (χ1) is 7.27. The van der Waals surface area contributed by atoms with Gasteiger partial charge in [-0.25, -0.2) is 4.98 Å². The molecule has 1 heterocycles. The van der Waals surface area contributed by atoms with Crippen LogP contribution >= 0.6 is 11.3 Å². The van der Waals surface area contributed by atoms with Crippen LogP contribution in [0.1, 0.15) is 15.4 Å². The van der Waals surface area contributed by atoms with Crippen molar-refractivity contribution >= 4 is 22.8 Å². The molecule has 0 saturated heterocycles. The Bertz CT molecular complexity index is 465. The maximum absolute atomic E-state index is 11.8. The van der Waals surface area contributed by atoms with Crippen LogP contribution in [-0.4, -0.2) is 10.8 Å². The van der Waals surface area contributed by atoms with Crippen LogP contribution in [0.15, 0.2) is 35.8 Å². The normalized spacial score (nSPS) is 10.1. The number of thiazole rings is 1. The maximum Gasteiger partial charge on any atom is 0.171 e. The Labute approximate surface area is 91.6 Å². The van der Waals surface area contributed by atoms with Crippen molar-refractivity contribution in [1.29, 1.82) is 0 Å². The molecule has 0 bridgehead atoms. The number of nitrogens with zero attached hydrogens (tertiary/aromatic N) is 1. The molecule has 76 valence electrons. The van der Waals surface area contributed by atoms with E-state index in [1.54, 1.807) is 18.3 Å². The molecule has 0 spiro atoms. The number of nitrogens with two attached hydrogens (primary N) is 1. The lowest BCUT2D eigenvalue weighted by Crippen LogP contribution is -2.06. The third-order valence-electron chi connectivity index (χ3n) is 2.06. The summed E-state index contributed by atoms with van der Waals surface area (Å²) < 4.78 is 0. The molecular formula is C11H10N2OS. The Kier molecular flexibility index (Phi) is 2.78. The van der Waals surface area contributed by atoms with Crippen molar-refractivity contribution in [3.05, 3.63) is 46.4 Å². The Morgan fingerprint density at radius 2 is 2.20 bits per heavy atom. The highest BCUT2D eigenvalue weighted by atomic mass is 32.1. The molecule has 0 atom stereocenters. The van der Waals surface area contributed by atoms with E-state index in [1.165, 1.54) is 11.3 Å². The van der Waals surface area contributed by atoms with E-state index in [0.29, 0.717) is 17.7 Å². The zero-order chi connectivity index (χ0) is 10.7. The van der Waals surface area contributed by atoms with Gasteiger partial charge >= 0.3 is 0 Å². The molecule has 0 fully saturated rings. The minimum absolute atomic E-state index is 0.0167. The first kappa shape index (κ1) is 9.86. The van der Waals surface area contributed by atoms with Crippen molar-refractivity contribution in [2.75, 3.05) is 5.73 Å². The molecule has 15 heavy (non-hydrogen) atoms.